The van der Waals surface area contributed by atoms with Crippen LogP contribution in [0.5, 0.6) is 5.75 Å². The Kier molecular flexibility index (Phi) is 3.47. The summed E-state index contributed by atoms with van der Waals surface area (Å²) < 4.78 is 5.24. The number of Topliss-reactive ketones (excluding diaryl/α,β-unsaturated/α-hetero) is 1. The molecule has 2 rings (SSSR count). The van der Waals surface area contributed by atoms with Gasteiger partial charge in [-0.2, -0.15) is 0 Å². The SMILES string of the molecule is COc1ccc(-c2ccc(C(C)=O)cc2)cc1C. The molecule has 0 aliphatic carbocycles. The minimum absolute atomic E-state index is 0.0902. The number of aryl methyl sites for hydroxylation is 1. The molecule has 92 valence electrons. The van der Waals surface area contributed by atoms with Crippen LogP contribution in [0.3, 0.4) is 0 Å². The highest BCUT2D eigenvalue weighted by molar-refractivity contribution is 5.94. The lowest BCUT2D eigenvalue weighted by atomic mass is 10.0. The summed E-state index contributed by atoms with van der Waals surface area (Å²) in [7, 11) is 1.67. The molecule has 0 saturated heterocycles. The molecule has 0 radical (unpaired) electrons. The second-order valence-corrected chi connectivity index (χ2v) is 4.32. The van der Waals surface area contributed by atoms with E-state index in [-0.39, 0.29) is 5.78 Å². The summed E-state index contributed by atoms with van der Waals surface area (Å²) in [5, 5.41) is 0. The third-order valence-electron chi connectivity index (χ3n) is 3.02. The minimum Gasteiger partial charge on any atom is -0.496 e. The molecule has 0 N–H and O–H groups in total. The zero-order valence-corrected chi connectivity index (χ0v) is 10.9. The van der Waals surface area contributed by atoms with Gasteiger partial charge in [-0.1, -0.05) is 30.3 Å². The fourth-order valence-electron chi connectivity index (χ4n) is 1.96. The molecular formula is C16H16O2. The van der Waals surface area contributed by atoms with Gasteiger partial charge in [0, 0.05) is 5.56 Å². The quantitative estimate of drug-likeness (QED) is 0.761. The normalized spacial score (nSPS) is 10.2. The van der Waals surface area contributed by atoms with Gasteiger partial charge >= 0.3 is 0 Å². The summed E-state index contributed by atoms with van der Waals surface area (Å²) in [6.07, 6.45) is 0. The number of carbonyl (C=O) groups excluding carboxylic acids is 1. The molecule has 2 nitrogen and oxygen atoms in total. The second-order valence-electron chi connectivity index (χ2n) is 4.32. The number of hydrogen-bond donors (Lipinski definition) is 0. The van der Waals surface area contributed by atoms with Crippen molar-refractivity contribution in [3.63, 3.8) is 0 Å². The summed E-state index contributed by atoms with van der Waals surface area (Å²) in [4.78, 5) is 11.2. The van der Waals surface area contributed by atoms with Crippen molar-refractivity contribution in [1.82, 2.24) is 0 Å². The van der Waals surface area contributed by atoms with Crippen LogP contribution < -0.4 is 4.74 Å². The van der Waals surface area contributed by atoms with Gasteiger partial charge in [-0.25, -0.2) is 0 Å². The Balaban J connectivity index is 2.36. The smallest absolute Gasteiger partial charge is 0.159 e. The van der Waals surface area contributed by atoms with Gasteiger partial charge in [-0.3, -0.25) is 4.79 Å². The largest absolute Gasteiger partial charge is 0.496 e. The third-order valence-corrected chi connectivity index (χ3v) is 3.02. The molecule has 18 heavy (non-hydrogen) atoms. The lowest BCUT2D eigenvalue weighted by Crippen LogP contribution is -1.91. The van der Waals surface area contributed by atoms with Gasteiger partial charge in [0.1, 0.15) is 5.75 Å². The van der Waals surface area contributed by atoms with Gasteiger partial charge in [-0.15, -0.1) is 0 Å². The number of ketones is 1. The Hall–Kier alpha value is -2.09. The summed E-state index contributed by atoms with van der Waals surface area (Å²) in [5.41, 5.74) is 4.07. The van der Waals surface area contributed by atoms with E-state index < -0.39 is 0 Å². The summed E-state index contributed by atoms with van der Waals surface area (Å²) in [5.74, 6) is 0.978. The van der Waals surface area contributed by atoms with E-state index in [0.29, 0.717) is 0 Å². The van der Waals surface area contributed by atoms with Crippen molar-refractivity contribution in [2.45, 2.75) is 13.8 Å². The third kappa shape index (κ3) is 2.43. The van der Waals surface area contributed by atoms with Gasteiger partial charge in [0.05, 0.1) is 7.11 Å². The fraction of sp³-hybridized carbons (Fsp3) is 0.188. The Morgan fingerprint density at radius 2 is 1.61 bits per heavy atom. The first-order valence-corrected chi connectivity index (χ1v) is 5.88. The van der Waals surface area contributed by atoms with Gasteiger partial charge in [0.15, 0.2) is 5.78 Å². The average molecular weight is 240 g/mol. The van der Waals surface area contributed by atoms with Crippen molar-refractivity contribution >= 4 is 5.78 Å². The van der Waals surface area contributed by atoms with Crippen LogP contribution in [0.2, 0.25) is 0 Å². The van der Waals surface area contributed by atoms with E-state index >= 15 is 0 Å². The zero-order chi connectivity index (χ0) is 13.1. The summed E-state index contributed by atoms with van der Waals surface area (Å²) in [6, 6.07) is 13.7. The van der Waals surface area contributed by atoms with Crippen molar-refractivity contribution < 1.29 is 9.53 Å². The van der Waals surface area contributed by atoms with Crippen LogP contribution in [-0.4, -0.2) is 12.9 Å². The van der Waals surface area contributed by atoms with Crippen LogP contribution in [0.1, 0.15) is 22.8 Å². The molecule has 2 aromatic carbocycles. The topological polar surface area (TPSA) is 26.3 Å². The van der Waals surface area contributed by atoms with Gasteiger partial charge < -0.3 is 4.74 Å². The number of methoxy groups -OCH3 is 1. The Morgan fingerprint density at radius 3 is 2.11 bits per heavy atom. The summed E-state index contributed by atoms with van der Waals surface area (Å²) in [6.45, 7) is 3.60. The molecule has 0 spiro atoms. The van der Waals surface area contributed by atoms with Crippen LogP contribution >= 0.6 is 0 Å². The van der Waals surface area contributed by atoms with Gasteiger partial charge in [0.2, 0.25) is 0 Å². The standard InChI is InChI=1S/C16H16O2/c1-11-10-15(8-9-16(11)18-3)14-6-4-13(5-7-14)12(2)17/h4-10H,1-3H3. The van der Waals surface area contributed by atoms with E-state index in [4.69, 9.17) is 4.74 Å². The number of rotatable bonds is 3. The van der Waals surface area contributed by atoms with Crippen LogP contribution in [-0.2, 0) is 0 Å². The first-order valence-electron chi connectivity index (χ1n) is 5.88. The molecule has 0 fully saturated rings. The molecule has 2 aromatic rings. The van der Waals surface area contributed by atoms with Crippen LogP contribution in [0.15, 0.2) is 42.5 Å². The second kappa shape index (κ2) is 5.05. The van der Waals surface area contributed by atoms with Crippen LogP contribution in [0.25, 0.3) is 11.1 Å². The number of hydrogen-bond acceptors (Lipinski definition) is 2. The van der Waals surface area contributed by atoms with E-state index in [1.165, 1.54) is 0 Å². The van der Waals surface area contributed by atoms with Crippen molar-refractivity contribution in [3.8, 4) is 16.9 Å². The molecule has 0 atom stereocenters. The molecule has 0 amide bonds. The zero-order valence-electron chi connectivity index (χ0n) is 10.9. The predicted octanol–water partition coefficient (Wildman–Crippen LogP) is 3.87. The number of ether oxygens (including phenoxy) is 1. The molecule has 2 heteroatoms. The molecule has 0 aromatic heterocycles. The van der Waals surface area contributed by atoms with E-state index in [1.54, 1.807) is 14.0 Å². The van der Waals surface area contributed by atoms with Crippen molar-refractivity contribution in [1.29, 1.82) is 0 Å². The molecule has 0 aliphatic rings. The summed E-state index contributed by atoms with van der Waals surface area (Å²) >= 11 is 0. The molecule has 0 bridgehead atoms. The Bertz CT molecular complexity index is 568. The number of carbonyl (C=O) groups is 1. The number of benzene rings is 2. The lowest BCUT2D eigenvalue weighted by Gasteiger charge is -2.08. The van der Waals surface area contributed by atoms with Crippen molar-refractivity contribution in [2.24, 2.45) is 0 Å². The first kappa shape index (κ1) is 12.4. The van der Waals surface area contributed by atoms with E-state index in [1.807, 2.05) is 43.3 Å². The molecule has 0 aliphatic heterocycles. The van der Waals surface area contributed by atoms with E-state index in [0.717, 1.165) is 28.0 Å². The maximum Gasteiger partial charge on any atom is 0.159 e. The first-order chi connectivity index (χ1) is 8.61. The predicted molar refractivity (Wildman–Crippen MR) is 73.2 cm³/mol. The molecule has 0 heterocycles. The molecule has 0 saturated carbocycles. The highest BCUT2D eigenvalue weighted by atomic mass is 16.5. The van der Waals surface area contributed by atoms with Crippen molar-refractivity contribution in [2.75, 3.05) is 7.11 Å². The van der Waals surface area contributed by atoms with Gasteiger partial charge in [-0.05, 0) is 42.7 Å². The fourth-order valence-corrected chi connectivity index (χ4v) is 1.96. The highest BCUT2D eigenvalue weighted by Crippen LogP contribution is 2.26. The maximum atomic E-state index is 11.2. The minimum atomic E-state index is 0.0902. The van der Waals surface area contributed by atoms with Crippen molar-refractivity contribution in [3.05, 3.63) is 53.6 Å². The van der Waals surface area contributed by atoms with E-state index in [2.05, 4.69) is 6.07 Å². The van der Waals surface area contributed by atoms with Crippen LogP contribution in [0.4, 0.5) is 0 Å². The monoisotopic (exact) mass is 240 g/mol. The average Bonchev–Trinajstić information content (AvgIpc) is 2.38. The van der Waals surface area contributed by atoms with Crippen LogP contribution in [0, 0.1) is 6.92 Å². The Labute approximate surface area is 107 Å². The molecular weight excluding hydrogens is 224 g/mol. The lowest BCUT2D eigenvalue weighted by molar-refractivity contribution is 0.101. The van der Waals surface area contributed by atoms with E-state index in [9.17, 15) is 4.79 Å². The molecule has 0 unspecified atom stereocenters. The maximum absolute atomic E-state index is 11.2. The Morgan fingerprint density at radius 1 is 1.00 bits per heavy atom. The van der Waals surface area contributed by atoms with Gasteiger partial charge in [0.25, 0.3) is 0 Å². The highest BCUT2D eigenvalue weighted by Gasteiger charge is 2.03.